The van der Waals surface area contributed by atoms with Crippen molar-refractivity contribution in [1.82, 2.24) is 4.31 Å². The van der Waals surface area contributed by atoms with Gasteiger partial charge in [0, 0.05) is 30.5 Å². The second-order valence-electron chi connectivity index (χ2n) is 7.60. The Bertz CT molecular complexity index is 971. The van der Waals surface area contributed by atoms with Crippen LogP contribution in [0.3, 0.4) is 0 Å². The Morgan fingerprint density at radius 2 is 1.90 bits per heavy atom. The minimum absolute atomic E-state index is 0.176. The van der Waals surface area contributed by atoms with Crippen LogP contribution in [0.5, 0.6) is 11.5 Å². The van der Waals surface area contributed by atoms with E-state index in [1.807, 2.05) is 0 Å². The Morgan fingerprint density at radius 1 is 1.14 bits per heavy atom. The van der Waals surface area contributed by atoms with Gasteiger partial charge in [0.2, 0.25) is 10.0 Å². The van der Waals surface area contributed by atoms with Crippen molar-refractivity contribution in [3.05, 3.63) is 40.1 Å². The van der Waals surface area contributed by atoms with Gasteiger partial charge in [-0.25, -0.2) is 8.42 Å². The quantitative estimate of drug-likeness (QED) is 0.678. The minimum Gasteiger partial charge on any atom is -0.493 e. The van der Waals surface area contributed by atoms with E-state index in [1.165, 1.54) is 42.3 Å². The standard InChI is InChI=1S/C21H27NO5S2/c1-22(29(23,24)14-8-9-18(25-2)19(12-14)26-3)13-20-16-10-11-28-21(16)15-6-4-5-7-17(15)27-20/h8-12,15,17,20H,4-7,13H2,1-3H3/t15-,17+,20+/m1/s1. The first-order valence-electron chi connectivity index (χ1n) is 9.86. The molecule has 0 radical (unpaired) electrons. The summed E-state index contributed by atoms with van der Waals surface area (Å²) in [5, 5.41) is 2.10. The summed E-state index contributed by atoms with van der Waals surface area (Å²) in [5.41, 5.74) is 1.15. The molecule has 1 fully saturated rings. The fourth-order valence-electron chi connectivity index (χ4n) is 4.37. The molecule has 0 spiro atoms. The highest BCUT2D eigenvalue weighted by molar-refractivity contribution is 7.89. The van der Waals surface area contributed by atoms with E-state index in [0.29, 0.717) is 17.4 Å². The van der Waals surface area contributed by atoms with E-state index in [9.17, 15) is 8.42 Å². The predicted octanol–water partition coefficient (Wildman–Crippen LogP) is 4.18. The SMILES string of the molecule is COc1ccc(S(=O)(=O)N(C)C[C@@H]2O[C@H]3CCCC[C@H]3c3sccc32)cc1OC. The highest BCUT2D eigenvalue weighted by Crippen LogP contribution is 2.47. The van der Waals surface area contributed by atoms with Crippen molar-refractivity contribution in [2.45, 2.75) is 48.7 Å². The van der Waals surface area contributed by atoms with Crippen molar-refractivity contribution in [3.8, 4) is 11.5 Å². The summed E-state index contributed by atoms with van der Waals surface area (Å²) in [7, 11) is 0.932. The number of methoxy groups -OCH3 is 2. The summed E-state index contributed by atoms with van der Waals surface area (Å²) in [6.07, 6.45) is 4.57. The molecule has 2 aliphatic rings. The lowest BCUT2D eigenvalue weighted by molar-refractivity contribution is -0.0600. The van der Waals surface area contributed by atoms with E-state index in [4.69, 9.17) is 14.2 Å². The van der Waals surface area contributed by atoms with Gasteiger partial charge >= 0.3 is 0 Å². The lowest BCUT2D eigenvalue weighted by atomic mass is 9.81. The van der Waals surface area contributed by atoms with Crippen molar-refractivity contribution < 1.29 is 22.6 Å². The van der Waals surface area contributed by atoms with Gasteiger partial charge in [0.25, 0.3) is 0 Å². The Kier molecular flexibility index (Phi) is 5.88. The van der Waals surface area contributed by atoms with Crippen LogP contribution in [0.2, 0.25) is 0 Å². The third kappa shape index (κ3) is 3.79. The van der Waals surface area contributed by atoms with Crippen LogP contribution in [0.15, 0.2) is 34.5 Å². The van der Waals surface area contributed by atoms with E-state index in [-0.39, 0.29) is 23.6 Å². The molecule has 4 rings (SSSR count). The zero-order chi connectivity index (χ0) is 20.6. The first-order chi connectivity index (χ1) is 14.0. The number of fused-ring (bicyclic) bond motifs is 3. The molecule has 2 aromatic rings. The van der Waals surface area contributed by atoms with Gasteiger partial charge in [-0.05, 0) is 42.0 Å². The molecule has 0 saturated heterocycles. The van der Waals surface area contributed by atoms with Crippen LogP contribution >= 0.6 is 11.3 Å². The number of benzene rings is 1. The first kappa shape index (κ1) is 20.7. The summed E-state index contributed by atoms with van der Waals surface area (Å²) in [5.74, 6) is 1.35. The monoisotopic (exact) mass is 437 g/mol. The summed E-state index contributed by atoms with van der Waals surface area (Å²) < 4.78 is 44.6. The molecule has 8 heteroatoms. The van der Waals surface area contributed by atoms with Gasteiger partial charge < -0.3 is 14.2 Å². The van der Waals surface area contributed by atoms with Crippen LogP contribution in [-0.4, -0.2) is 46.6 Å². The van der Waals surface area contributed by atoms with Gasteiger partial charge in [0.05, 0.1) is 31.3 Å². The van der Waals surface area contributed by atoms with E-state index < -0.39 is 10.0 Å². The fraction of sp³-hybridized carbons (Fsp3) is 0.524. The van der Waals surface area contributed by atoms with Gasteiger partial charge in [0.1, 0.15) is 0 Å². The molecule has 1 aromatic heterocycles. The molecule has 1 saturated carbocycles. The average Bonchev–Trinajstić information content (AvgIpc) is 3.23. The number of ether oxygens (including phenoxy) is 3. The fourth-order valence-corrected chi connectivity index (χ4v) is 6.70. The summed E-state index contributed by atoms with van der Waals surface area (Å²) in [6.45, 7) is 0.281. The summed E-state index contributed by atoms with van der Waals surface area (Å²) >= 11 is 1.78. The Hall–Kier alpha value is -1.61. The molecule has 3 atom stereocenters. The number of thiophene rings is 1. The smallest absolute Gasteiger partial charge is 0.243 e. The van der Waals surface area contributed by atoms with Gasteiger partial charge in [0.15, 0.2) is 11.5 Å². The molecule has 2 heterocycles. The largest absolute Gasteiger partial charge is 0.493 e. The van der Waals surface area contributed by atoms with Crippen LogP contribution in [0.4, 0.5) is 0 Å². The lowest BCUT2D eigenvalue weighted by Gasteiger charge is -2.40. The zero-order valence-corrected chi connectivity index (χ0v) is 18.6. The molecular weight excluding hydrogens is 410 g/mol. The summed E-state index contributed by atoms with van der Waals surface area (Å²) in [4.78, 5) is 1.55. The number of hydrogen-bond acceptors (Lipinski definition) is 6. The Morgan fingerprint density at radius 3 is 2.66 bits per heavy atom. The molecule has 1 aliphatic carbocycles. The highest BCUT2D eigenvalue weighted by atomic mass is 32.2. The van der Waals surface area contributed by atoms with Crippen molar-refractivity contribution in [2.75, 3.05) is 27.8 Å². The molecule has 1 aliphatic heterocycles. The van der Waals surface area contributed by atoms with Crippen molar-refractivity contribution in [1.29, 1.82) is 0 Å². The number of likely N-dealkylation sites (N-methyl/N-ethyl adjacent to an activating group) is 1. The molecule has 0 amide bonds. The number of rotatable bonds is 6. The van der Waals surface area contributed by atoms with E-state index in [2.05, 4.69) is 11.4 Å². The van der Waals surface area contributed by atoms with Crippen LogP contribution in [-0.2, 0) is 14.8 Å². The molecule has 0 N–H and O–H groups in total. The molecule has 29 heavy (non-hydrogen) atoms. The second-order valence-corrected chi connectivity index (χ2v) is 10.6. The van der Waals surface area contributed by atoms with E-state index in [1.54, 1.807) is 30.5 Å². The number of hydrogen-bond donors (Lipinski definition) is 0. The normalized spacial score (nSPS) is 24.1. The molecule has 1 aromatic carbocycles. The molecule has 0 unspecified atom stereocenters. The van der Waals surface area contributed by atoms with Crippen LogP contribution in [0, 0.1) is 0 Å². The minimum atomic E-state index is -3.69. The maximum absolute atomic E-state index is 13.2. The predicted molar refractivity (Wildman–Crippen MR) is 113 cm³/mol. The summed E-state index contributed by atoms with van der Waals surface area (Å²) in [6, 6.07) is 6.74. The zero-order valence-electron chi connectivity index (χ0n) is 17.0. The molecule has 0 bridgehead atoms. The second kappa shape index (κ2) is 8.26. The maximum atomic E-state index is 13.2. The Labute approximate surface area is 176 Å². The number of nitrogens with zero attached hydrogens (tertiary/aromatic N) is 1. The maximum Gasteiger partial charge on any atom is 0.243 e. The van der Waals surface area contributed by atoms with Crippen LogP contribution < -0.4 is 9.47 Å². The molecule has 158 valence electrons. The molecule has 6 nitrogen and oxygen atoms in total. The Balaban J connectivity index is 1.58. The van der Waals surface area contributed by atoms with Gasteiger partial charge in [-0.3, -0.25) is 0 Å². The van der Waals surface area contributed by atoms with E-state index >= 15 is 0 Å². The topological polar surface area (TPSA) is 65.1 Å². The first-order valence-corrected chi connectivity index (χ1v) is 12.2. The third-order valence-electron chi connectivity index (χ3n) is 5.94. The van der Waals surface area contributed by atoms with Crippen molar-refractivity contribution in [3.63, 3.8) is 0 Å². The van der Waals surface area contributed by atoms with Crippen molar-refractivity contribution >= 4 is 21.4 Å². The molecular formula is C21H27NO5S2. The lowest BCUT2D eigenvalue weighted by Crippen LogP contribution is -2.38. The van der Waals surface area contributed by atoms with Crippen LogP contribution in [0.1, 0.15) is 48.1 Å². The van der Waals surface area contributed by atoms with Crippen LogP contribution in [0.25, 0.3) is 0 Å². The van der Waals surface area contributed by atoms with Gasteiger partial charge in [-0.1, -0.05) is 12.8 Å². The van der Waals surface area contributed by atoms with Gasteiger partial charge in [-0.15, -0.1) is 11.3 Å². The highest BCUT2D eigenvalue weighted by Gasteiger charge is 2.39. The average molecular weight is 438 g/mol. The third-order valence-corrected chi connectivity index (χ3v) is 8.82. The number of sulfonamides is 1. The van der Waals surface area contributed by atoms with Gasteiger partial charge in [-0.2, -0.15) is 4.31 Å². The van der Waals surface area contributed by atoms with Crippen molar-refractivity contribution in [2.24, 2.45) is 0 Å². The van der Waals surface area contributed by atoms with E-state index in [0.717, 1.165) is 18.4 Å².